The Balaban J connectivity index is 1.73. The first-order chi connectivity index (χ1) is 8.95. The number of hydrogen-bond donors (Lipinski definition) is 0. The Bertz CT molecular complexity index is 454. The van der Waals surface area contributed by atoms with Gasteiger partial charge in [-0.15, -0.1) is 0 Å². The molecule has 0 saturated carbocycles. The van der Waals surface area contributed by atoms with Crippen molar-refractivity contribution >= 4 is 12.3 Å². The lowest BCUT2D eigenvalue weighted by atomic mass is 10.2. The van der Waals surface area contributed by atoms with E-state index in [0.717, 1.165) is 11.1 Å². The van der Waals surface area contributed by atoms with Crippen LogP contribution in [0, 0.1) is 0 Å². The Morgan fingerprint density at radius 1 is 0.833 bits per heavy atom. The van der Waals surface area contributed by atoms with Crippen molar-refractivity contribution in [1.29, 1.82) is 0 Å². The van der Waals surface area contributed by atoms with Crippen LogP contribution in [-0.2, 0) is 4.84 Å². The molecular weight excluding hydrogens is 222 g/mol. The molecule has 0 atom stereocenters. The van der Waals surface area contributed by atoms with Gasteiger partial charge in [0.05, 0.1) is 6.21 Å². The zero-order valence-corrected chi connectivity index (χ0v) is 10.1. The van der Waals surface area contributed by atoms with Gasteiger partial charge in [0.2, 0.25) is 0 Å². The zero-order chi connectivity index (χ0) is 12.5. The quantitative estimate of drug-likeness (QED) is 0.441. The summed E-state index contributed by atoms with van der Waals surface area (Å²) < 4.78 is 0. The Morgan fingerprint density at radius 2 is 1.44 bits per heavy atom. The maximum absolute atomic E-state index is 5.14. The molecule has 2 nitrogen and oxygen atoms in total. The predicted molar refractivity (Wildman–Crippen MR) is 75.5 cm³/mol. The summed E-state index contributed by atoms with van der Waals surface area (Å²) in [6.07, 6.45) is 5.66. The van der Waals surface area contributed by atoms with E-state index in [1.807, 2.05) is 72.8 Å². The molecular formula is C16H15NO. The second-order valence-corrected chi connectivity index (χ2v) is 3.75. The highest BCUT2D eigenvalue weighted by Crippen LogP contribution is 2.00. The highest BCUT2D eigenvalue weighted by molar-refractivity contribution is 5.78. The average molecular weight is 237 g/mol. The van der Waals surface area contributed by atoms with Crippen LogP contribution in [0.3, 0.4) is 0 Å². The van der Waals surface area contributed by atoms with E-state index in [1.54, 1.807) is 6.21 Å². The molecule has 2 aromatic rings. The van der Waals surface area contributed by atoms with Gasteiger partial charge in [-0.2, -0.15) is 0 Å². The van der Waals surface area contributed by atoms with Crippen LogP contribution in [0.5, 0.6) is 0 Å². The average Bonchev–Trinajstić information content (AvgIpc) is 2.45. The molecule has 0 saturated heterocycles. The summed E-state index contributed by atoms with van der Waals surface area (Å²) in [5, 5.41) is 3.90. The number of hydrogen-bond acceptors (Lipinski definition) is 2. The molecule has 2 heteroatoms. The molecule has 0 spiro atoms. The van der Waals surface area contributed by atoms with Crippen LogP contribution in [0.15, 0.2) is 71.9 Å². The van der Waals surface area contributed by atoms with E-state index in [0.29, 0.717) is 6.61 Å². The Kier molecular flexibility index (Phi) is 4.76. The highest BCUT2D eigenvalue weighted by Gasteiger charge is 1.84. The second kappa shape index (κ2) is 7.07. The molecule has 0 aliphatic carbocycles. The molecule has 0 heterocycles. The van der Waals surface area contributed by atoms with Crippen LogP contribution in [0.2, 0.25) is 0 Å². The molecule has 90 valence electrons. The molecule has 0 N–H and O–H groups in total. The van der Waals surface area contributed by atoms with Crippen molar-refractivity contribution in [2.75, 3.05) is 6.61 Å². The number of oxime groups is 1. The lowest BCUT2D eigenvalue weighted by Gasteiger charge is -1.94. The standard InChI is InChI=1S/C16H15NO/c1-3-8-15(9-4-1)12-7-13-18-17-14-16-10-5-2-6-11-16/h1-12,14H,13H2/b12-7+,17-14-. The summed E-state index contributed by atoms with van der Waals surface area (Å²) in [6, 6.07) is 20.0. The molecule has 0 aliphatic rings. The van der Waals surface area contributed by atoms with Crippen molar-refractivity contribution in [3.63, 3.8) is 0 Å². The lowest BCUT2D eigenvalue weighted by Crippen LogP contribution is -1.85. The van der Waals surface area contributed by atoms with Crippen LogP contribution in [0.1, 0.15) is 11.1 Å². The molecule has 0 bridgehead atoms. The van der Waals surface area contributed by atoms with Crippen molar-refractivity contribution in [2.45, 2.75) is 0 Å². The van der Waals surface area contributed by atoms with E-state index >= 15 is 0 Å². The Morgan fingerprint density at radius 3 is 2.11 bits per heavy atom. The van der Waals surface area contributed by atoms with Crippen molar-refractivity contribution in [1.82, 2.24) is 0 Å². The third-order valence-electron chi connectivity index (χ3n) is 2.36. The fraction of sp³-hybridized carbons (Fsp3) is 0.0625. The fourth-order valence-corrected chi connectivity index (χ4v) is 1.47. The van der Waals surface area contributed by atoms with E-state index in [1.165, 1.54) is 0 Å². The van der Waals surface area contributed by atoms with E-state index in [2.05, 4.69) is 5.16 Å². The molecule has 0 unspecified atom stereocenters. The first-order valence-corrected chi connectivity index (χ1v) is 5.87. The largest absolute Gasteiger partial charge is 0.392 e. The van der Waals surface area contributed by atoms with Crippen LogP contribution in [-0.4, -0.2) is 12.8 Å². The van der Waals surface area contributed by atoms with E-state index in [9.17, 15) is 0 Å². The lowest BCUT2D eigenvalue weighted by molar-refractivity contribution is 0.177. The van der Waals surface area contributed by atoms with Crippen molar-refractivity contribution in [3.05, 3.63) is 77.9 Å². The summed E-state index contributed by atoms with van der Waals surface area (Å²) in [4.78, 5) is 5.14. The molecule has 0 aromatic heterocycles. The van der Waals surface area contributed by atoms with Gasteiger partial charge < -0.3 is 4.84 Å². The topological polar surface area (TPSA) is 21.6 Å². The first-order valence-electron chi connectivity index (χ1n) is 5.87. The van der Waals surface area contributed by atoms with Crippen molar-refractivity contribution in [3.8, 4) is 0 Å². The molecule has 0 fully saturated rings. The molecule has 0 amide bonds. The third kappa shape index (κ3) is 4.26. The summed E-state index contributed by atoms with van der Waals surface area (Å²) in [5.74, 6) is 0. The zero-order valence-electron chi connectivity index (χ0n) is 10.1. The highest BCUT2D eigenvalue weighted by atomic mass is 16.6. The van der Waals surface area contributed by atoms with Crippen molar-refractivity contribution < 1.29 is 4.84 Å². The SMILES string of the molecule is C(=N/OC/C=C/c1ccccc1)/c1ccccc1. The van der Waals surface area contributed by atoms with Crippen LogP contribution < -0.4 is 0 Å². The van der Waals surface area contributed by atoms with Gasteiger partial charge in [0.1, 0.15) is 6.61 Å². The smallest absolute Gasteiger partial charge is 0.135 e. The van der Waals surface area contributed by atoms with Gasteiger partial charge in [-0.1, -0.05) is 71.9 Å². The van der Waals surface area contributed by atoms with E-state index in [4.69, 9.17) is 4.84 Å². The molecule has 2 aromatic carbocycles. The van der Waals surface area contributed by atoms with Gasteiger partial charge in [-0.3, -0.25) is 0 Å². The molecule has 0 radical (unpaired) electrons. The minimum Gasteiger partial charge on any atom is -0.392 e. The number of nitrogens with zero attached hydrogens (tertiary/aromatic N) is 1. The van der Waals surface area contributed by atoms with Crippen molar-refractivity contribution in [2.24, 2.45) is 5.16 Å². The maximum Gasteiger partial charge on any atom is 0.135 e. The minimum atomic E-state index is 0.470. The minimum absolute atomic E-state index is 0.470. The Hall–Kier alpha value is -2.35. The summed E-state index contributed by atoms with van der Waals surface area (Å²) >= 11 is 0. The normalized spacial score (nSPS) is 11.1. The summed E-state index contributed by atoms with van der Waals surface area (Å²) in [6.45, 7) is 0.470. The summed E-state index contributed by atoms with van der Waals surface area (Å²) in [5.41, 5.74) is 2.19. The van der Waals surface area contributed by atoms with E-state index < -0.39 is 0 Å². The van der Waals surface area contributed by atoms with Crippen LogP contribution >= 0.6 is 0 Å². The van der Waals surface area contributed by atoms with Gasteiger partial charge in [-0.05, 0) is 17.2 Å². The maximum atomic E-state index is 5.14. The number of benzene rings is 2. The Labute approximate surface area is 107 Å². The van der Waals surface area contributed by atoms with Gasteiger partial charge in [0, 0.05) is 0 Å². The van der Waals surface area contributed by atoms with Gasteiger partial charge in [-0.25, -0.2) is 0 Å². The van der Waals surface area contributed by atoms with Gasteiger partial charge in [0.15, 0.2) is 0 Å². The summed E-state index contributed by atoms with van der Waals surface area (Å²) in [7, 11) is 0. The van der Waals surface area contributed by atoms with Crippen LogP contribution in [0.4, 0.5) is 0 Å². The van der Waals surface area contributed by atoms with Crippen LogP contribution in [0.25, 0.3) is 6.08 Å². The molecule has 0 aliphatic heterocycles. The molecule has 2 rings (SSSR count). The number of rotatable bonds is 5. The van der Waals surface area contributed by atoms with Gasteiger partial charge in [0.25, 0.3) is 0 Å². The van der Waals surface area contributed by atoms with Gasteiger partial charge >= 0.3 is 0 Å². The second-order valence-electron chi connectivity index (χ2n) is 3.75. The fourth-order valence-electron chi connectivity index (χ4n) is 1.47. The predicted octanol–water partition coefficient (Wildman–Crippen LogP) is 3.75. The van der Waals surface area contributed by atoms with E-state index in [-0.39, 0.29) is 0 Å². The first kappa shape index (κ1) is 12.1. The third-order valence-corrected chi connectivity index (χ3v) is 2.36. The monoisotopic (exact) mass is 237 g/mol. The molecule has 18 heavy (non-hydrogen) atoms.